The summed E-state index contributed by atoms with van der Waals surface area (Å²) in [6.07, 6.45) is 3.48. The topological polar surface area (TPSA) is 35.5 Å². The van der Waals surface area contributed by atoms with Gasteiger partial charge in [0.25, 0.3) is 0 Å². The van der Waals surface area contributed by atoms with Crippen LogP contribution in [0.25, 0.3) is 0 Å². The first kappa shape index (κ1) is 17.2. The van der Waals surface area contributed by atoms with Crippen molar-refractivity contribution in [3.8, 4) is 0 Å². The van der Waals surface area contributed by atoms with E-state index in [0.717, 1.165) is 0 Å². The maximum atomic E-state index is 12.9. The predicted octanol–water partition coefficient (Wildman–Crippen LogP) is 4.54. The first-order valence-corrected chi connectivity index (χ1v) is 8.78. The van der Waals surface area contributed by atoms with Crippen LogP contribution in [0.3, 0.4) is 0 Å². The maximum absolute atomic E-state index is 12.9. The molecule has 0 aromatic carbocycles. The molecule has 0 amide bonds. The van der Waals surface area contributed by atoms with Crippen LogP contribution in [0.4, 0.5) is 0 Å². The highest BCUT2D eigenvalue weighted by atomic mass is 32.2. The molecule has 2 atom stereocenters. The fourth-order valence-corrected chi connectivity index (χ4v) is 5.51. The summed E-state index contributed by atoms with van der Waals surface area (Å²) in [6, 6.07) is 0. The van der Waals surface area contributed by atoms with E-state index in [-0.39, 0.29) is 23.1 Å². The Labute approximate surface area is 110 Å². The average Bonchev–Trinajstić information content (AvgIpc) is 2.15. The van der Waals surface area contributed by atoms with Gasteiger partial charge in [0.05, 0.1) is 12.2 Å². The molecule has 0 saturated heterocycles. The predicted molar refractivity (Wildman–Crippen MR) is 76.7 cm³/mol. The molecule has 17 heavy (non-hydrogen) atoms. The molecule has 0 radical (unpaired) electrons. The molecular formula is C12H25O3PS. The second kappa shape index (κ2) is 7.63. The lowest BCUT2D eigenvalue weighted by molar-refractivity contribution is 0.139. The van der Waals surface area contributed by atoms with Crippen molar-refractivity contribution in [2.45, 2.75) is 51.8 Å². The van der Waals surface area contributed by atoms with Crippen LogP contribution in [0.5, 0.6) is 0 Å². The summed E-state index contributed by atoms with van der Waals surface area (Å²) in [6.45, 7) is 13.2. The van der Waals surface area contributed by atoms with Gasteiger partial charge in [-0.15, -0.1) is 18.3 Å². The Bertz CT molecular complexity index is 265. The Kier molecular flexibility index (Phi) is 7.73. The highest BCUT2D eigenvalue weighted by Crippen LogP contribution is 2.60. The minimum atomic E-state index is -3.12. The Balaban J connectivity index is 5.11. The third-order valence-electron chi connectivity index (χ3n) is 2.09. The van der Waals surface area contributed by atoms with Gasteiger partial charge < -0.3 is 9.05 Å². The summed E-state index contributed by atoms with van der Waals surface area (Å²) < 4.78 is 24.0. The van der Waals surface area contributed by atoms with Gasteiger partial charge in [0.15, 0.2) is 0 Å². The van der Waals surface area contributed by atoms with Gasteiger partial charge in [-0.1, -0.05) is 13.0 Å². The van der Waals surface area contributed by atoms with Gasteiger partial charge in [-0.2, -0.15) is 0 Å². The van der Waals surface area contributed by atoms with Crippen LogP contribution in [0.2, 0.25) is 0 Å². The van der Waals surface area contributed by atoms with E-state index in [1.165, 1.54) is 11.8 Å². The lowest BCUT2D eigenvalue weighted by atomic mass is 10.2. The van der Waals surface area contributed by atoms with E-state index >= 15 is 0 Å². The van der Waals surface area contributed by atoms with Gasteiger partial charge in [-0.05, 0) is 39.9 Å². The number of hydrogen-bond acceptors (Lipinski definition) is 4. The lowest BCUT2D eigenvalue weighted by Crippen LogP contribution is -2.20. The zero-order valence-electron chi connectivity index (χ0n) is 11.7. The van der Waals surface area contributed by atoms with Crippen LogP contribution in [-0.4, -0.2) is 23.5 Å². The maximum Gasteiger partial charge on any atom is 0.344 e. The molecule has 0 aliphatic rings. The Morgan fingerprint density at radius 2 is 1.53 bits per heavy atom. The molecule has 5 heteroatoms. The summed E-state index contributed by atoms with van der Waals surface area (Å²) in [5.41, 5.74) is 0. The number of hydrogen-bond donors (Lipinski definition) is 0. The molecule has 0 N–H and O–H groups in total. The van der Waals surface area contributed by atoms with Gasteiger partial charge in [0, 0.05) is 0 Å². The quantitative estimate of drug-likeness (QED) is 0.483. The molecule has 3 nitrogen and oxygen atoms in total. The van der Waals surface area contributed by atoms with Gasteiger partial charge >= 0.3 is 7.60 Å². The smallest absolute Gasteiger partial charge is 0.305 e. The number of rotatable bonds is 8. The van der Waals surface area contributed by atoms with Gasteiger partial charge in [0.1, 0.15) is 4.99 Å². The molecule has 0 aromatic rings. The van der Waals surface area contributed by atoms with Gasteiger partial charge in [0.2, 0.25) is 0 Å². The summed E-state index contributed by atoms with van der Waals surface area (Å²) in [5.74, 6) is 0.0772. The minimum absolute atomic E-state index is 0.0772. The largest absolute Gasteiger partial charge is 0.344 e. The van der Waals surface area contributed by atoms with Crippen molar-refractivity contribution < 1.29 is 13.6 Å². The Morgan fingerprint density at radius 3 is 1.76 bits per heavy atom. The van der Waals surface area contributed by atoms with Crippen molar-refractivity contribution in [1.29, 1.82) is 0 Å². The summed E-state index contributed by atoms with van der Waals surface area (Å²) in [4.78, 5) is -0.204. The first-order chi connectivity index (χ1) is 7.76. The van der Waals surface area contributed by atoms with E-state index in [9.17, 15) is 4.57 Å². The molecule has 0 aliphatic carbocycles. The van der Waals surface area contributed by atoms with Crippen LogP contribution in [0.1, 0.15) is 34.6 Å². The van der Waals surface area contributed by atoms with E-state index in [0.29, 0.717) is 0 Å². The van der Waals surface area contributed by atoms with Gasteiger partial charge in [-0.3, -0.25) is 4.57 Å². The SMILES string of the molecule is C=CC(C)C(SC)P(=O)(OC(C)C)OC(C)C. The summed E-state index contributed by atoms with van der Waals surface area (Å²) >= 11 is 1.51. The van der Waals surface area contributed by atoms with Crippen LogP contribution >= 0.6 is 19.4 Å². The second-order valence-corrected chi connectivity index (χ2v) is 7.96. The van der Waals surface area contributed by atoms with E-state index in [2.05, 4.69) is 6.58 Å². The summed E-state index contributed by atoms with van der Waals surface area (Å²) in [7, 11) is -3.12. The van der Waals surface area contributed by atoms with E-state index in [4.69, 9.17) is 9.05 Å². The first-order valence-electron chi connectivity index (χ1n) is 5.88. The van der Waals surface area contributed by atoms with E-state index in [1.807, 2.05) is 40.9 Å². The highest BCUT2D eigenvalue weighted by Gasteiger charge is 2.39. The third-order valence-corrected chi connectivity index (χ3v) is 6.93. The Morgan fingerprint density at radius 1 is 1.12 bits per heavy atom. The van der Waals surface area contributed by atoms with Crippen LogP contribution in [0.15, 0.2) is 12.7 Å². The summed E-state index contributed by atoms with van der Waals surface area (Å²) in [5, 5.41) is 0. The Hall–Kier alpha value is 0.240. The molecule has 0 fully saturated rings. The molecule has 0 rings (SSSR count). The molecular weight excluding hydrogens is 255 g/mol. The van der Waals surface area contributed by atoms with Crippen LogP contribution < -0.4 is 0 Å². The normalized spacial score (nSPS) is 16.2. The fourth-order valence-electron chi connectivity index (χ4n) is 1.48. The number of allylic oxidation sites excluding steroid dienone is 1. The van der Waals surface area contributed by atoms with Crippen molar-refractivity contribution in [3.63, 3.8) is 0 Å². The zero-order chi connectivity index (χ0) is 13.6. The molecule has 2 unspecified atom stereocenters. The monoisotopic (exact) mass is 280 g/mol. The average molecular weight is 280 g/mol. The van der Waals surface area contributed by atoms with E-state index in [1.54, 1.807) is 6.08 Å². The fraction of sp³-hybridized carbons (Fsp3) is 0.833. The van der Waals surface area contributed by atoms with Crippen molar-refractivity contribution in [2.24, 2.45) is 5.92 Å². The standard InChI is InChI=1S/C12H25O3PS/c1-8-11(6)12(17-7)16(13,14-9(2)3)15-10(4)5/h8-12H,1H2,2-7H3. The molecule has 0 spiro atoms. The molecule has 102 valence electrons. The second-order valence-electron chi connectivity index (χ2n) is 4.57. The highest BCUT2D eigenvalue weighted by molar-refractivity contribution is 8.04. The van der Waals surface area contributed by atoms with Crippen molar-refractivity contribution in [2.75, 3.05) is 6.26 Å². The minimum Gasteiger partial charge on any atom is -0.305 e. The molecule has 0 aliphatic heterocycles. The molecule has 0 heterocycles. The molecule has 0 aromatic heterocycles. The van der Waals surface area contributed by atoms with Crippen molar-refractivity contribution in [1.82, 2.24) is 0 Å². The zero-order valence-corrected chi connectivity index (χ0v) is 13.4. The van der Waals surface area contributed by atoms with Crippen LogP contribution in [0, 0.1) is 5.92 Å². The third kappa shape index (κ3) is 5.60. The molecule has 0 saturated carbocycles. The number of thioether (sulfide) groups is 1. The van der Waals surface area contributed by atoms with E-state index < -0.39 is 7.60 Å². The molecule has 0 bridgehead atoms. The van der Waals surface area contributed by atoms with Crippen molar-refractivity contribution in [3.05, 3.63) is 12.7 Å². The lowest BCUT2D eigenvalue weighted by Gasteiger charge is -2.31. The van der Waals surface area contributed by atoms with Crippen molar-refractivity contribution >= 4 is 19.4 Å². The van der Waals surface area contributed by atoms with Gasteiger partial charge in [-0.25, -0.2) is 0 Å². The van der Waals surface area contributed by atoms with Crippen LogP contribution in [-0.2, 0) is 13.6 Å².